The van der Waals surface area contributed by atoms with Gasteiger partial charge in [-0.1, -0.05) is 56.6 Å². The summed E-state index contributed by atoms with van der Waals surface area (Å²) in [7, 11) is 0. The highest BCUT2D eigenvalue weighted by molar-refractivity contribution is 7.13. The number of likely N-dealkylation sites (tertiary alicyclic amines) is 1. The number of ether oxygens (including phenoxy) is 3. The second-order valence-corrected chi connectivity index (χ2v) is 19.1. The number of carbonyl (C=O) groups excluding carboxylic acids is 5. The summed E-state index contributed by atoms with van der Waals surface area (Å²) in [6, 6.07) is 16.8. The summed E-state index contributed by atoms with van der Waals surface area (Å²) < 4.78 is 56.5. The van der Waals surface area contributed by atoms with Gasteiger partial charge in [-0.3, -0.25) is 24.2 Å². The molecule has 3 heterocycles. The van der Waals surface area contributed by atoms with E-state index in [1.54, 1.807) is 22.9 Å². The predicted molar refractivity (Wildman–Crippen MR) is 265 cm³/mol. The lowest BCUT2D eigenvalue weighted by molar-refractivity contribution is -0.144. The second-order valence-electron chi connectivity index (χ2n) is 17.9. The fourth-order valence-electron chi connectivity index (χ4n) is 7.52. The van der Waals surface area contributed by atoms with Crippen molar-refractivity contribution in [3.05, 3.63) is 118 Å². The average molecular weight is 1040 g/mol. The van der Waals surface area contributed by atoms with Gasteiger partial charge in [-0.15, -0.1) is 11.3 Å². The molecule has 0 saturated carbocycles. The van der Waals surface area contributed by atoms with E-state index in [1.807, 2.05) is 58.9 Å². The average Bonchev–Trinajstić information content (AvgIpc) is 3.95. The van der Waals surface area contributed by atoms with Crippen molar-refractivity contribution in [2.24, 2.45) is 5.41 Å². The molecule has 0 radical (unpaired) electrons. The number of hydrogen-bond donors (Lipinski definition) is 6. The minimum absolute atomic E-state index is 0.0398. The first kappa shape index (κ1) is 54.7. The summed E-state index contributed by atoms with van der Waals surface area (Å²) in [6.45, 7) is 9.84. The van der Waals surface area contributed by atoms with Crippen LogP contribution in [0.3, 0.4) is 0 Å². The molecule has 0 aliphatic carbocycles. The predicted octanol–water partition coefficient (Wildman–Crippen LogP) is 8.15. The van der Waals surface area contributed by atoms with Crippen molar-refractivity contribution in [3.63, 3.8) is 0 Å². The number of halogens is 4. The highest BCUT2D eigenvalue weighted by Crippen LogP contribution is 2.36. The van der Waals surface area contributed by atoms with E-state index in [2.05, 4.69) is 36.6 Å². The number of nitrogens with one attached hydrogen (secondary N) is 5. The van der Waals surface area contributed by atoms with Crippen LogP contribution in [-0.2, 0) is 30.0 Å². The van der Waals surface area contributed by atoms with Gasteiger partial charge in [0.25, 0.3) is 5.91 Å². The molecule has 0 bridgehead atoms. The number of pyridine rings is 1. The Morgan fingerprint density at radius 3 is 2.21 bits per heavy atom. The zero-order valence-corrected chi connectivity index (χ0v) is 41.7. The van der Waals surface area contributed by atoms with Crippen molar-refractivity contribution in [1.29, 1.82) is 0 Å². The molecule has 6 amide bonds. The van der Waals surface area contributed by atoms with Gasteiger partial charge in [-0.2, -0.15) is 13.2 Å². The molecule has 5 aromatic rings. The van der Waals surface area contributed by atoms with Crippen LogP contribution in [0.1, 0.15) is 73.9 Å². The number of rotatable bonds is 20. The lowest BCUT2D eigenvalue weighted by Crippen LogP contribution is -2.58. The lowest BCUT2D eigenvalue weighted by Gasteiger charge is -2.35. The first-order chi connectivity index (χ1) is 34.2. The van der Waals surface area contributed by atoms with Gasteiger partial charge in [0, 0.05) is 49.6 Å². The highest BCUT2D eigenvalue weighted by Gasteiger charge is 2.44. The molecule has 4 atom stereocenters. The van der Waals surface area contributed by atoms with Crippen molar-refractivity contribution in [2.75, 3.05) is 50.2 Å². The Morgan fingerprint density at radius 2 is 1.54 bits per heavy atom. The molecule has 17 nitrogen and oxygen atoms in total. The number of aromatic nitrogens is 2. The van der Waals surface area contributed by atoms with Crippen LogP contribution in [0.25, 0.3) is 10.4 Å². The van der Waals surface area contributed by atoms with Gasteiger partial charge < -0.3 is 50.8 Å². The molecule has 22 heteroatoms. The highest BCUT2D eigenvalue weighted by atomic mass is 35.5. The standard InChI is InChI=1S/C50H56ClF3N8O9S/c1-29(31-6-8-32(9-7-31)43-30(2)57-28-72-43)58-46(66)41-25-35(63)27-62(41)47(67)44(49(3,4)5)61-42(64)17-20-69-22-23-70-21-19-56-45(65)40-26-37(16-18-55-40)71-36-13-10-33(11-14-36)59-48(68)60-34-12-15-39(51)38(24-34)50(52,53)54/h6-16,18,24,26,28-29,35,41,44,63H,17,19-23,25,27H2,1-5H3,(H,56,65)(H,58,66)(H,61,64)(H2,59,60,68)/t29-,35+,41-,44-/m0/s1. The fourth-order valence-corrected chi connectivity index (χ4v) is 8.55. The Bertz CT molecular complexity index is 2690. The fraction of sp³-hybridized carbons (Fsp3) is 0.380. The Morgan fingerprint density at radius 1 is 0.861 bits per heavy atom. The van der Waals surface area contributed by atoms with Crippen LogP contribution in [0.2, 0.25) is 5.02 Å². The summed E-state index contributed by atoms with van der Waals surface area (Å²) in [5.41, 5.74) is 3.12. The van der Waals surface area contributed by atoms with E-state index in [-0.39, 0.29) is 69.8 Å². The number of β-amino-alcohol motifs (C(OH)–C–C–N with tert-alkyl or cyclic N) is 1. The first-order valence-corrected chi connectivity index (χ1v) is 24.1. The quantitative estimate of drug-likeness (QED) is 0.0408. The monoisotopic (exact) mass is 1040 g/mol. The third-order valence-corrected chi connectivity index (χ3v) is 12.6. The SMILES string of the molecule is Cc1ncsc1-c1ccc([C@H](C)NC(=O)[C@@H]2C[C@@H](O)CN2C(=O)[C@H](NC(=O)CCOCCOCCNC(=O)c2cc(Oc3ccc(NC(=O)Nc4ccc(Cl)c(C(F)(F)F)c4)cc3)ccn2)C(C)(C)C)cc1. The number of urea groups is 1. The van der Waals surface area contributed by atoms with Crippen LogP contribution in [0.15, 0.2) is 90.6 Å². The summed E-state index contributed by atoms with van der Waals surface area (Å²) in [4.78, 5) is 76.8. The topological polar surface area (TPSA) is 222 Å². The number of benzene rings is 3. The van der Waals surface area contributed by atoms with Gasteiger partial charge in [-0.25, -0.2) is 9.78 Å². The van der Waals surface area contributed by atoms with E-state index in [0.29, 0.717) is 17.2 Å². The normalized spacial score (nSPS) is 15.6. The van der Waals surface area contributed by atoms with Crippen LogP contribution in [0, 0.1) is 12.3 Å². The molecule has 1 aliphatic heterocycles. The molecule has 1 saturated heterocycles. The maximum absolute atomic E-state index is 14.0. The maximum atomic E-state index is 14.0. The molecule has 1 fully saturated rings. The third kappa shape index (κ3) is 15.4. The largest absolute Gasteiger partial charge is 0.457 e. The molecule has 384 valence electrons. The van der Waals surface area contributed by atoms with Gasteiger partial charge in [-0.05, 0) is 78.9 Å². The molecule has 6 rings (SSSR count). The molecule has 3 aromatic carbocycles. The molecule has 0 spiro atoms. The Hall–Kier alpha value is -6.65. The van der Waals surface area contributed by atoms with Gasteiger partial charge in [0.05, 0.1) is 65.2 Å². The number of thiazole rings is 1. The van der Waals surface area contributed by atoms with Crippen LogP contribution < -0.4 is 31.3 Å². The summed E-state index contributed by atoms with van der Waals surface area (Å²) in [5.74, 6) is -1.13. The smallest absolute Gasteiger partial charge is 0.417 e. The van der Waals surface area contributed by atoms with Crippen LogP contribution in [-0.4, -0.2) is 107 Å². The minimum Gasteiger partial charge on any atom is -0.457 e. The van der Waals surface area contributed by atoms with E-state index < -0.39 is 70.0 Å². The van der Waals surface area contributed by atoms with E-state index in [4.69, 9.17) is 25.8 Å². The van der Waals surface area contributed by atoms with Crippen LogP contribution in [0.5, 0.6) is 11.5 Å². The van der Waals surface area contributed by atoms with Crippen molar-refractivity contribution >= 4 is 64.0 Å². The molecule has 2 aromatic heterocycles. The van der Waals surface area contributed by atoms with Gasteiger partial charge in [0.15, 0.2) is 0 Å². The number of carbonyl (C=O) groups is 5. The minimum atomic E-state index is -4.69. The Labute approximate surface area is 423 Å². The van der Waals surface area contributed by atoms with Crippen LogP contribution in [0.4, 0.5) is 29.3 Å². The van der Waals surface area contributed by atoms with Gasteiger partial charge in [0.2, 0.25) is 17.7 Å². The van der Waals surface area contributed by atoms with Crippen molar-refractivity contribution in [2.45, 2.75) is 77.9 Å². The third-order valence-electron chi connectivity index (χ3n) is 11.3. The van der Waals surface area contributed by atoms with Gasteiger partial charge in [0.1, 0.15) is 29.3 Å². The van der Waals surface area contributed by atoms with Crippen molar-refractivity contribution in [1.82, 2.24) is 30.8 Å². The number of anilines is 2. The number of nitrogens with zero attached hydrogens (tertiary/aromatic N) is 3. The van der Waals surface area contributed by atoms with Crippen LogP contribution >= 0.6 is 22.9 Å². The number of aryl methyl sites for hydroxylation is 1. The molecule has 72 heavy (non-hydrogen) atoms. The number of amides is 6. The molecular weight excluding hydrogens is 981 g/mol. The lowest BCUT2D eigenvalue weighted by atomic mass is 9.85. The van der Waals surface area contributed by atoms with Crippen molar-refractivity contribution in [3.8, 4) is 21.9 Å². The molecule has 0 unspecified atom stereocenters. The summed E-state index contributed by atoms with van der Waals surface area (Å²) >= 11 is 7.20. The zero-order chi connectivity index (χ0) is 52.2. The van der Waals surface area contributed by atoms with E-state index in [9.17, 15) is 42.3 Å². The summed E-state index contributed by atoms with van der Waals surface area (Å²) in [5, 5.41) is 23.5. The number of aliphatic hydroxyl groups excluding tert-OH is 1. The molecule has 6 N–H and O–H groups in total. The number of hydrogen-bond acceptors (Lipinski definition) is 12. The summed E-state index contributed by atoms with van der Waals surface area (Å²) in [6.07, 6.45) is -4.20. The van der Waals surface area contributed by atoms with E-state index >= 15 is 0 Å². The van der Waals surface area contributed by atoms with E-state index in [1.165, 1.54) is 47.5 Å². The second kappa shape index (κ2) is 24.7. The molecule has 1 aliphatic rings. The van der Waals surface area contributed by atoms with Crippen molar-refractivity contribution < 1.29 is 56.5 Å². The first-order valence-electron chi connectivity index (χ1n) is 22.9. The maximum Gasteiger partial charge on any atom is 0.417 e. The zero-order valence-electron chi connectivity index (χ0n) is 40.1. The Balaban J connectivity index is 0.864. The van der Waals surface area contributed by atoms with Gasteiger partial charge >= 0.3 is 12.2 Å². The number of alkyl halides is 3. The number of aliphatic hydroxyl groups is 1. The van der Waals surface area contributed by atoms with E-state index in [0.717, 1.165) is 33.8 Å². The Kier molecular flexibility index (Phi) is 18.7. The molecular formula is C50H56ClF3N8O9S.